The molecule has 0 aromatic rings. The second kappa shape index (κ2) is 24.8. The molecule has 0 aromatic carbocycles. The van der Waals surface area contributed by atoms with E-state index in [-0.39, 0.29) is 40.8 Å². The van der Waals surface area contributed by atoms with Crippen LogP contribution < -0.4 is 15.3 Å². The molecule has 0 aromatic heterocycles. The van der Waals surface area contributed by atoms with Gasteiger partial charge in [0, 0.05) is 34.2 Å². The third-order valence-electron chi connectivity index (χ3n) is 6.79. The minimum atomic E-state index is -0.931. The van der Waals surface area contributed by atoms with Crippen molar-refractivity contribution in [3.8, 4) is 0 Å². The Morgan fingerprint density at radius 1 is 0.459 bits per heavy atom. The number of unbranched alkanes of at least 4 members (excludes halogenated alkanes) is 7. The molecule has 6 nitrogen and oxygen atoms in total. The van der Waals surface area contributed by atoms with Crippen LogP contribution in [0, 0.1) is 57.1 Å². The van der Waals surface area contributed by atoms with E-state index in [9.17, 15) is 29.7 Å². The average molecular weight is 658 g/mol. The number of carbonyl (C=O) groups is 3. The van der Waals surface area contributed by atoms with E-state index in [1.54, 1.807) is 34.6 Å². The molecule has 1 atom stereocenters. The minimum Gasteiger partial charge on any atom is -0.550 e. The van der Waals surface area contributed by atoms with Crippen LogP contribution in [0.15, 0.2) is 0 Å². The monoisotopic (exact) mass is 655 g/mol. The van der Waals surface area contributed by atoms with Gasteiger partial charge in [-0.2, -0.15) is 0 Å². The van der Waals surface area contributed by atoms with Crippen molar-refractivity contribution in [2.24, 2.45) is 16.2 Å². The van der Waals surface area contributed by atoms with Gasteiger partial charge in [0.2, 0.25) is 0 Å². The predicted molar refractivity (Wildman–Crippen MR) is 143 cm³/mol. The molecule has 1 radical (unpaired) electrons. The smallest absolute Gasteiger partial charge is 0.550 e. The molecule has 0 aliphatic heterocycles. The maximum atomic E-state index is 10.8. The molecule has 0 N–H and O–H groups in total. The number of carboxylic acid groups (broad SMARTS) is 3. The Hall–Kier alpha value is -0.239. The van der Waals surface area contributed by atoms with Crippen LogP contribution in [0.3, 0.4) is 0 Å². The topological polar surface area (TPSA) is 120 Å². The Labute approximate surface area is 261 Å². The SMILES string of the molecule is CCCCC(C)(CCC)C(=O)[O-].CCCCCCC(C)(C)C(=O)[O-].CCCCCCC(C)(C)C(=O)[O-].[Nd+3]. The molecule has 0 saturated carbocycles. The van der Waals surface area contributed by atoms with Crippen molar-refractivity contribution in [2.75, 3.05) is 0 Å². The zero-order valence-corrected chi connectivity index (χ0v) is 28.8. The quantitative estimate of drug-likeness (QED) is 0.187. The number of hydrogen-bond donors (Lipinski definition) is 0. The van der Waals surface area contributed by atoms with Gasteiger partial charge in [-0.3, -0.25) is 0 Å². The van der Waals surface area contributed by atoms with Crippen molar-refractivity contribution < 1.29 is 70.5 Å². The first-order valence-corrected chi connectivity index (χ1v) is 14.2. The molecule has 1 unspecified atom stereocenters. The molecule has 0 amide bonds. The van der Waals surface area contributed by atoms with Crippen LogP contribution >= 0.6 is 0 Å². The summed E-state index contributed by atoms with van der Waals surface area (Å²) in [4.78, 5) is 32.0. The summed E-state index contributed by atoms with van der Waals surface area (Å²) in [7, 11) is 0. The van der Waals surface area contributed by atoms with E-state index in [4.69, 9.17) is 0 Å². The first kappa shape index (κ1) is 43.8. The number of rotatable bonds is 18. The van der Waals surface area contributed by atoms with Crippen LogP contribution in [0.4, 0.5) is 0 Å². The summed E-state index contributed by atoms with van der Waals surface area (Å²) < 4.78 is 0. The van der Waals surface area contributed by atoms with Crippen molar-refractivity contribution in [1.82, 2.24) is 0 Å². The van der Waals surface area contributed by atoms with Crippen LogP contribution in [0.2, 0.25) is 0 Å². The molecule has 0 bridgehead atoms. The molecule has 0 aliphatic rings. The molecule has 217 valence electrons. The molecule has 0 aliphatic carbocycles. The Morgan fingerprint density at radius 3 is 1.05 bits per heavy atom. The van der Waals surface area contributed by atoms with Gasteiger partial charge in [0.25, 0.3) is 0 Å². The summed E-state index contributed by atoms with van der Waals surface area (Å²) in [6.07, 6.45) is 14.9. The summed E-state index contributed by atoms with van der Waals surface area (Å²) in [5.74, 6) is -2.75. The van der Waals surface area contributed by atoms with E-state index >= 15 is 0 Å². The van der Waals surface area contributed by atoms with Gasteiger partial charge in [0.1, 0.15) is 0 Å². The van der Waals surface area contributed by atoms with Crippen LogP contribution in [-0.4, -0.2) is 17.9 Å². The van der Waals surface area contributed by atoms with Gasteiger partial charge in [-0.1, -0.05) is 133 Å². The van der Waals surface area contributed by atoms with Crippen molar-refractivity contribution >= 4 is 17.9 Å². The standard InChI is InChI=1S/3C10H20O2.Nd/c2*1-4-5-6-7-8-10(2,3)9(11)12;1-4-6-8-10(3,7-5-2)9(11)12;/h3*4-8H2,1-3H3,(H,11,12);/q;;;+3/p-3. The van der Waals surface area contributed by atoms with Crippen LogP contribution in [0.1, 0.15) is 159 Å². The molecular formula is C30H57NdO6. The van der Waals surface area contributed by atoms with Gasteiger partial charge in [-0.15, -0.1) is 0 Å². The van der Waals surface area contributed by atoms with Gasteiger partial charge < -0.3 is 29.7 Å². The van der Waals surface area contributed by atoms with E-state index in [0.717, 1.165) is 70.6 Å². The normalized spacial score (nSPS) is 12.6. The van der Waals surface area contributed by atoms with Gasteiger partial charge >= 0.3 is 40.8 Å². The summed E-state index contributed by atoms with van der Waals surface area (Å²) >= 11 is 0. The second-order valence-electron chi connectivity index (χ2n) is 11.7. The fraction of sp³-hybridized carbons (Fsp3) is 0.900. The summed E-state index contributed by atoms with van der Waals surface area (Å²) in [6, 6.07) is 0. The second-order valence-corrected chi connectivity index (χ2v) is 11.7. The van der Waals surface area contributed by atoms with E-state index in [1.165, 1.54) is 25.7 Å². The number of carboxylic acids is 3. The summed E-state index contributed by atoms with van der Waals surface area (Å²) in [6.45, 7) is 17.1. The molecule has 7 heteroatoms. The molecule has 0 fully saturated rings. The predicted octanol–water partition coefficient (Wildman–Crippen LogP) is 5.20. The van der Waals surface area contributed by atoms with E-state index in [1.807, 2.05) is 6.92 Å². The Balaban J connectivity index is -0.000000218. The van der Waals surface area contributed by atoms with Crippen molar-refractivity contribution in [3.63, 3.8) is 0 Å². The molecule has 0 saturated heterocycles. The van der Waals surface area contributed by atoms with Gasteiger partial charge in [-0.25, -0.2) is 0 Å². The van der Waals surface area contributed by atoms with Crippen molar-refractivity contribution in [1.29, 1.82) is 0 Å². The van der Waals surface area contributed by atoms with E-state index < -0.39 is 34.2 Å². The number of hydrogen-bond acceptors (Lipinski definition) is 6. The maximum Gasteiger partial charge on any atom is 3.00 e. The Morgan fingerprint density at radius 2 is 0.811 bits per heavy atom. The van der Waals surface area contributed by atoms with Gasteiger partial charge in [-0.05, 0) is 25.7 Å². The molecule has 0 heterocycles. The number of carbonyl (C=O) groups excluding carboxylic acids is 3. The third kappa shape index (κ3) is 24.5. The summed E-state index contributed by atoms with van der Waals surface area (Å²) in [5, 5.41) is 32.0. The largest absolute Gasteiger partial charge is 3.00 e. The van der Waals surface area contributed by atoms with Crippen LogP contribution in [0.25, 0.3) is 0 Å². The fourth-order valence-electron chi connectivity index (χ4n) is 3.64. The third-order valence-corrected chi connectivity index (χ3v) is 6.79. The van der Waals surface area contributed by atoms with Crippen molar-refractivity contribution in [3.05, 3.63) is 0 Å². The first-order chi connectivity index (χ1) is 16.6. The Bertz CT molecular complexity index is 555. The molecule has 0 spiro atoms. The minimum absolute atomic E-state index is 0. The Kier molecular flexibility index (Phi) is 29.3. The molecule has 0 rings (SSSR count). The van der Waals surface area contributed by atoms with Gasteiger partial charge in [0.05, 0.1) is 0 Å². The van der Waals surface area contributed by atoms with Crippen LogP contribution in [-0.2, 0) is 14.4 Å². The van der Waals surface area contributed by atoms with Crippen LogP contribution in [0.5, 0.6) is 0 Å². The summed E-state index contributed by atoms with van der Waals surface area (Å²) in [5.41, 5.74) is -1.88. The average Bonchev–Trinajstić information content (AvgIpc) is 2.79. The van der Waals surface area contributed by atoms with Gasteiger partial charge in [0.15, 0.2) is 0 Å². The molecule has 37 heavy (non-hydrogen) atoms. The van der Waals surface area contributed by atoms with E-state index in [2.05, 4.69) is 20.8 Å². The maximum absolute atomic E-state index is 10.8. The number of aliphatic carboxylic acids is 3. The zero-order chi connectivity index (χ0) is 28.8. The first-order valence-electron chi connectivity index (χ1n) is 14.2. The zero-order valence-electron chi connectivity index (χ0n) is 25.6. The molecular weight excluding hydrogens is 601 g/mol. The van der Waals surface area contributed by atoms with E-state index in [0.29, 0.717) is 0 Å². The fourth-order valence-corrected chi connectivity index (χ4v) is 3.64. The van der Waals surface area contributed by atoms with Crippen molar-refractivity contribution in [2.45, 2.75) is 159 Å².